The monoisotopic (exact) mass is 246 g/mol. The van der Waals surface area contributed by atoms with E-state index in [9.17, 15) is 5.11 Å². The Morgan fingerprint density at radius 1 is 1.33 bits per heavy atom. The first-order valence-electron chi connectivity index (χ1n) is 5.05. The van der Waals surface area contributed by atoms with Gasteiger partial charge in [-0.05, 0) is 36.0 Å². The Morgan fingerprint density at radius 3 is 2.47 bits per heavy atom. The average Bonchev–Trinajstić information content (AvgIpc) is 2.22. The van der Waals surface area contributed by atoms with E-state index in [0.29, 0.717) is 10.0 Å². The Balaban J connectivity index is 2.89. The second kappa shape index (κ2) is 5.20. The van der Waals surface area contributed by atoms with Gasteiger partial charge in [0.1, 0.15) is 0 Å². The molecule has 0 fully saturated rings. The van der Waals surface area contributed by atoms with Crippen molar-refractivity contribution in [1.29, 1.82) is 0 Å². The number of aliphatic hydroxyl groups excluding tert-OH is 1. The largest absolute Gasteiger partial charge is 0.396 e. The minimum Gasteiger partial charge on any atom is -0.396 e. The smallest absolute Gasteiger partial charge is 0.0487 e. The van der Waals surface area contributed by atoms with Crippen molar-refractivity contribution in [3.8, 4) is 0 Å². The van der Waals surface area contributed by atoms with E-state index in [1.54, 1.807) is 6.07 Å². The van der Waals surface area contributed by atoms with E-state index in [-0.39, 0.29) is 12.0 Å². The highest BCUT2D eigenvalue weighted by Gasteiger charge is 2.22. The maximum absolute atomic E-state index is 9.32. The molecule has 1 aromatic rings. The molecule has 0 aliphatic carbocycles. The van der Waals surface area contributed by atoms with Crippen molar-refractivity contribution < 1.29 is 5.11 Å². The van der Waals surface area contributed by atoms with Crippen LogP contribution in [0.1, 0.15) is 25.8 Å². The molecule has 0 aliphatic heterocycles. The Morgan fingerprint density at radius 2 is 2.00 bits per heavy atom. The van der Waals surface area contributed by atoms with Crippen molar-refractivity contribution in [2.75, 3.05) is 6.61 Å². The highest BCUT2D eigenvalue weighted by molar-refractivity contribution is 6.35. The Labute approximate surface area is 101 Å². The molecule has 1 atom stereocenters. The summed E-state index contributed by atoms with van der Waals surface area (Å²) in [4.78, 5) is 0. The van der Waals surface area contributed by atoms with Crippen molar-refractivity contribution in [2.45, 2.75) is 26.7 Å². The molecule has 0 aliphatic rings. The van der Waals surface area contributed by atoms with E-state index in [2.05, 4.69) is 13.8 Å². The maximum Gasteiger partial charge on any atom is 0.0487 e. The maximum atomic E-state index is 9.32. The minimum atomic E-state index is -0.0997. The van der Waals surface area contributed by atoms with Crippen LogP contribution in [0.15, 0.2) is 18.2 Å². The average molecular weight is 247 g/mol. The summed E-state index contributed by atoms with van der Waals surface area (Å²) in [7, 11) is 0. The molecule has 0 amide bonds. The Hall–Kier alpha value is -0.240. The molecule has 1 nitrogen and oxygen atoms in total. The van der Waals surface area contributed by atoms with Gasteiger partial charge in [0, 0.05) is 16.7 Å². The quantitative estimate of drug-likeness (QED) is 0.854. The number of aliphatic hydroxyl groups is 1. The molecule has 84 valence electrons. The molecule has 0 saturated heterocycles. The van der Waals surface area contributed by atoms with Crippen LogP contribution < -0.4 is 0 Å². The fourth-order valence-corrected chi connectivity index (χ4v) is 1.89. The van der Waals surface area contributed by atoms with E-state index in [1.807, 2.05) is 12.1 Å². The van der Waals surface area contributed by atoms with E-state index < -0.39 is 0 Å². The lowest BCUT2D eigenvalue weighted by Crippen LogP contribution is -2.23. The van der Waals surface area contributed by atoms with Crippen LogP contribution in [0.4, 0.5) is 0 Å². The van der Waals surface area contributed by atoms with Gasteiger partial charge in [-0.3, -0.25) is 0 Å². The molecule has 1 N–H and O–H groups in total. The van der Waals surface area contributed by atoms with Crippen LogP contribution in [0.2, 0.25) is 10.0 Å². The van der Waals surface area contributed by atoms with Crippen LogP contribution in [0.5, 0.6) is 0 Å². The number of rotatable bonds is 4. The third-order valence-corrected chi connectivity index (χ3v) is 3.45. The highest BCUT2D eigenvalue weighted by Crippen LogP contribution is 2.30. The molecule has 1 unspecified atom stereocenters. The molecule has 0 aromatic heterocycles. The van der Waals surface area contributed by atoms with Crippen molar-refractivity contribution >= 4 is 23.2 Å². The molecule has 1 rings (SSSR count). The van der Waals surface area contributed by atoms with Crippen LogP contribution in [-0.4, -0.2) is 11.7 Å². The summed E-state index contributed by atoms with van der Waals surface area (Å²) in [5.41, 5.74) is 0.941. The lowest BCUT2D eigenvalue weighted by molar-refractivity contribution is 0.138. The predicted molar refractivity (Wildman–Crippen MR) is 65.6 cm³/mol. The summed E-state index contributed by atoms with van der Waals surface area (Å²) in [5, 5.41) is 10.6. The summed E-state index contributed by atoms with van der Waals surface area (Å²) in [6.07, 6.45) is 1.69. The summed E-state index contributed by atoms with van der Waals surface area (Å²) in [6.45, 7) is 4.29. The fraction of sp³-hybridized carbons (Fsp3) is 0.500. The van der Waals surface area contributed by atoms with Crippen LogP contribution in [0, 0.1) is 5.41 Å². The number of hydrogen-bond acceptors (Lipinski definition) is 1. The normalized spacial score (nSPS) is 15.0. The van der Waals surface area contributed by atoms with Gasteiger partial charge in [0.15, 0.2) is 0 Å². The third kappa shape index (κ3) is 3.37. The van der Waals surface area contributed by atoms with Gasteiger partial charge in [0.05, 0.1) is 0 Å². The van der Waals surface area contributed by atoms with E-state index >= 15 is 0 Å². The van der Waals surface area contributed by atoms with Crippen molar-refractivity contribution in [2.24, 2.45) is 5.41 Å². The highest BCUT2D eigenvalue weighted by atomic mass is 35.5. The standard InChI is InChI=1S/C12H16Cl2O/c1-3-12(2,8-15)7-9-4-5-10(13)6-11(9)14/h4-6,15H,3,7-8H2,1-2H3. The van der Waals surface area contributed by atoms with Crippen LogP contribution >= 0.6 is 23.2 Å². The second-order valence-corrected chi connectivity index (χ2v) is 5.08. The lowest BCUT2D eigenvalue weighted by atomic mass is 9.82. The lowest BCUT2D eigenvalue weighted by Gasteiger charge is -2.26. The van der Waals surface area contributed by atoms with Crippen molar-refractivity contribution in [3.63, 3.8) is 0 Å². The molecular weight excluding hydrogens is 231 g/mol. The van der Waals surface area contributed by atoms with Crippen LogP contribution in [0.3, 0.4) is 0 Å². The van der Waals surface area contributed by atoms with E-state index in [4.69, 9.17) is 23.2 Å². The first kappa shape index (κ1) is 12.8. The topological polar surface area (TPSA) is 20.2 Å². The molecule has 0 bridgehead atoms. The molecule has 0 radical (unpaired) electrons. The SMILES string of the molecule is CCC(C)(CO)Cc1ccc(Cl)cc1Cl. The zero-order valence-electron chi connectivity index (χ0n) is 9.06. The first-order valence-corrected chi connectivity index (χ1v) is 5.81. The predicted octanol–water partition coefficient (Wildman–Crippen LogP) is 3.94. The van der Waals surface area contributed by atoms with Crippen LogP contribution in [0.25, 0.3) is 0 Å². The van der Waals surface area contributed by atoms with Gasteiger partial charge in [0.2, 0.25) is 0 Å². The Kier molecular flexibility index (Phi) is 4.45. The van der Waals surface area contributed by atoms with E-state index in [1.165, 1.54) is 0 Å². The molecule has 15 heavy (non-hydrogen) atoms. The third-order valence-electron chi connectivity index (χ3n) is 2.87. The molecule has 0 spiro atoms. The van der Waals surface area contributed by atoms with Gasteiger partial charge >= 0.3 is 0 Å². The molecule has 1 aromatic carbocycles. The second-order valence-electron chi connectivity index (χ2n) is 4.23. The van der Waals surface area contributed by atoms with Gasteiger partial charge in [-0.25, -0.2) is 0 Å². The van der Waals surface area contributed by atoms with Gasteiger partial charge < -0.3 is 5.11 Å². The van der Waals surface area contributed by atoms with E-state index in [0.717, 1.165) is 18.4 Å². The fourth-order valence-electron chi connectivity index (χ4n) is 1.42. The zero-order chi connectivity index (χ0) is 11.5. The summed E-state index contributed by atoms with van der Waals surface area (Å²) in [5.74, 6) is 0. The molecular formula is C12H16Cl2O. The minimum absolute atomic E-state index is 0.0997. The number of halogens is 2. The van der Waals surface area contributed by atoms with Gasteiger partial charge in [-0.1, -0.05) is 43.1 Å². The van der Waals surface area contributed by atoms with Crippen LogP contribution in [-0.2, 0) is 6.42 Å². The van der Waals surface area contributed by atoms with Gasteiger partial charge in [-0.15, -0.1) is 0 Å². The van der Waals surface area contributed by atoms with Crippen molar-refractivity contribution in [1.82, 2.24) is 0 Å². The summed E-state index contributed by atoms with van der Waals surface area (Å²) < 4.78 is 0. The Bertz CT molecular complexity index is 332. The van der Waals surface area contributed by atoms with Crippen molar-refractivity contribution in [3.05, 3.63) is 33.8 Å². The van der Waals surface area contributed by atoms with Gasteiger partial charge in [-0.2, -0.15) is 0 Å². The molecule has 3 heteroatoms. The zero-order valence-corrected chi connectivity index (χ0v) is 10.6. The van der Waals surface area contributed by atoms with Gasteiger partial charge in [0.25, 0.3) is 0 Å². The number of benzene rings is 1. The first-order chi connectivity index (χ1) is 7.00. The summed E-state index contributed by atoms with van der Waals surface area (Å²) in [6, 6.07) is 5.50. The molecule has 0 heterocycles. The summed E-state index contributed by atoms with van der Waals surface area (Å²) >= 11 is 11.9. The number of hydrogen-bond donors (Lipinski definition) is 1. The molecule has 0 saturated carbocycles.